The highest BCUT2D eigenvalue weighted by Gasteiger charge is 2.30. The summed E-state index contributed by atoms with van der Waals surface area (Å²) in [6.07, 6.45) is -0.170. The molecule has 0 saturated heterocycles. The molecule has 104 valence electrons. The first-order valence-corrected chi connectivity index (χ1v) is 6.33. The molecule has 1 aliphatic heterocycles. The van der Waals surface area contributed by atoms with Crippen LogP contribution in [0.3, 0.4) is 0 Å². The molecule has 0 aliphatic carbocycles. The van der Waals surface area contributed by atoms with Gasteiger partial charge >= 0.3 is 0 Å². The molecule has 0 radical (unpaired) electrons. The van der Waals surface area contributed by atoms with Crippen molar-refractivity contribution in [3.8, 4) is 11.5 Å². The summed E-state index contributed by atoms with van der Waals surface area (Å²) in [5.41, 5.74) is -0.466. The van der Waals surface area contributed by atoms with Crippen molar-refractivity contribution in [1.29, 1.82) is 0 Å². The van der Waals surface area contributed by atoms with E-state index in [9.17, 15) is 4.79 Å². The highest BCUT2D eigenvalue weighted by atomic mass is 16.6. The van der Waals surface area contributed by atoms with Crippen molar-refractivity contribution in [3.05, 3.63) is 24.3 Å². The Morgan fingerprint density at radius 1 is 1.42 bits per heavy atom. The maximum absolute atomic E-state index is 12.1. The monoisotopic (exact) mass is 265 g/mol. The molecule has 0 spiro atoms. The summed E-state index contributed by atoms with van der Waals surface area (Å²) in [6, 6.07) is 7.26. The van der Waals surface area contributed by atoms with Crippen molar-refractivity contribution >= 4 is 5.91 Å². The Hall–Kier alpha value is -1.75. The van der Waals surface area contributed by atoms with Crippen LogP contribution in [0, 0.1) is 0 Å². The second-order valence-corrected chi connectivity index (χ2v) is 5.21. The van der Waals surface area contributed by atoms with Crippen LogP contribution in [0.25, 0.3) is 0 Å². The van der Waals surface area contributed by atoms with Gasteiger partial charge in [0.25, 0.3) is 5.91 Å². The number of aliphatic hydroxyl groups is 1. The van der Waals surface area contributed by atoms with Gasteiger partial charge in [0.05, 0.1) is 0 Å². The standard InChI is InChI=1S/C14H19NO4/c1-14(2,7-8-16)15-13(17)12-9-18-10-5-3-4-6-11(10)19-12/h3-6,12,16H,7-9H2,1-2H3,(H,15,17). The van der Waals surface area contributed by atoms with E-state index in [1.54, 1.807) is 12.1 Å². The van der Waals surface area contributed by atoms with E-state index in [2.05, 4.69) is 5.32 Å². The minimum Gasteiger partial charge on any atom is -0.485 e. The lowest BCUT2D eigenvalue weighted by atomic mass is 10.0. The minimum absolute atomic E-state index is 0.0259. The van der Waals surface area contributed by atoms with Crippen molar-refractivity contribution in [2.45, 2.75) is 31.9 Å². The number of para-hydroxylation sites is 2. The van der Waals surface area contributed by atoms with Crippen molar-refractivity contribution in [1.82, 2.24) is 5.32 Å². The van der Waals surface area contributed by atoms with Gasteiger partial charge in [-0.2, -0.15) is 0 Å². The molecule has 1 aromatic rings. The van der Waals surface area contributed by atoms with E-state index in [1.165, 1.54) is 0 Å². The Balaban J connectivity index is 1.99. The van der Waals surface area contributed by atoms with Crippen LogP contribution in [0.15, 0.2) is 24.3 Å². The van der Waals surface area contributed by atoms with Crippen LogP contribution in [0.5, 0.6) is 11.5 Å². The average molecular weight is 265 g/mol. The van der Waals surface area contributed by atoms with E-state index in [0.717, 1.165) is 0 Å². The van der Waals surface area contributed by atoms with Crippen molar-refractivity contribution in [3.63, 3.8) is 0 Å². The maximum Gasteiger partial charge on any atom is 0.265 e. The topological polar surface area (TPSA) is 67.8 Å². The summed E-state index contributed by atoms with van der Waals surface area (Å²) in [5.74, 6) is 1.00. The molecule has 1 heterocycles. The summed E-state index contributed by atoms with van der Waals surface area (Å²) in [7, 11) is 0. The van der Waals surface area contributed by atoms with Crippen LogP contribution in [0.1, 0.15) is 20.3 Å². The van der Waals surface area contributed by atoms with Gasteiger partial charge in [0.15, 0.2) is 11.5 Å². The van der Waals surface area contributed by atoms with Crippen molar-refractivity contribution in [2.24, 2.45) is 0 Å². The Kier molecular flexibility index (Phi) is 3.95. The molecular formula is C14H19NO4. The van der Waals surface area contributed by atoms with Gasteiger partial charge in [0, 0.05) is 12.1 Å². The molecule has 2 rings (SSSR count). The van der Waals surface area contributed by atoms with E-state index in [-0.39, 0.29) is 19.1 Å². The van der Waals surface area contributed by atoms with Gasteiger partial charge in [-0.3, -0.25) is 4.79 Å². The zero-order chi connectivity index (χ0) is 13.9. The van der Waals surface area contributed by atoms with E-state index in [1.807, 2.05) is 26.0 Å². The number of fused-ring (bicyclic) bond motifs is 1. The predicted octanol–water partition coefficient (Wildman–Crippen LogP) is 1.10. The summed E-state index contributed by atoms with van der Waals surface area (Å²) in [6.45, 7) is 3.94. The van der Waals surface area contributed by atoms with Crippen LogP contribution >= 0.6 is 0 Å². The SMILES string of the molecule is CC(C)(CCO)NC(=O)C1COc2ccccc2O1. The average Bonchev–Trinajstić information content (AvgIpc) is 2.37. The fourth-order valence-electron chi connectivity index (χ4n) is 1.90. The molecule has 2 N–H and O–H groups in total. The number of rotatable bonds is 4. The quantitative estimate of drug-likeness (QED) is 0.855. The van der Waals surface area contributed by atoms with Gasteiger partial charge in [-0.05, 0) is 32.4 Å². The van der Waals surface area contributed by atoms with Crippen molar-refractivity contribution in [2.75, 3.05) is 13.2 Å². The molecule has 5 heteroatoms. The molecule has 0 fully saturated rings. The highest BCUT2D eigenvalue weighted by molar-refractivity contribution is 5.82. The normalized spacial score (nSPS) is 17.9. The molecule has 1 aromatic carbocycles. The molecule has 1 atom stereocenters. The summed E-state index contributed by atoms with van der Waals surface area (Å²) in [4.78, 5) is 12.1. The Morgan fingerprint density at radius 3 is 2.79 bits per heavy atom. The lowest BCUT2D eigenvalue weighted by Gasteiger charge is -2.30. The second kappa shape index (κ2) is 5.48. The van der Waals surface area contributed by atoms with Gasteiger partial charge < -0.3 is 19.9 Å². The van der Waals surface area contributed by atoms with Gasteiger partial charge in [0.1, 0.15) is 6.61 Å². The van der Waals surface area contributed by atoms with Crippen LogP contribution in [-0.2, 0) is 4.79 Å². The molecular weight excluding hydrogens is 246 g/mol. The third-order valence-corrected chi connectivity index (χ3v) is 3.00. The Labute approximate surface area is 112 Å². The largest absolute Gasteiger partial charge is 0.485 e. The molecule has 0 aromatic heterocycles. The van der Waals surface area contributed by atoms with Gasteiger partial charge in [-0.1, -0.05) is 12.1 Å². The third kappa shape index (κ3) is 3.38. The fourth-order valence-corrected chi connectivity index (χ4v) is 1.90. The Bertz CT molecular complexity index is 459. The van der Waals surface area contributed by atoms with E-state index in [0.29, 0.717) is 17.9 Å². The first-order chi connectivity index (χ1) is 9.02. The number of aliphatic hydroxyl groups excluding tert-OH is 1. The number of ether oxygens (including phenoxy) is 2. The van der Waals surface area contributed by atoms with Crippen molar-refractivity contribution < 1.29 is 19.4 Å². The van der Waals surface area contributed by atoms with Gasteiger partial charge in [0.2, 0.25) is 6.10 Å². The zero-order valence-corrected chi connectivity index (χ0v) is 11.2. The molecule has 5 nitrogen and oxygen atoms in total. The number of hydrogen-bond donors (Lipinski definition) is 2. The maximum atomic E-state index is 12.1. The summed E-state index contributed by atoms with van der Waals surface area (Å²) >= 11 is 0. The number of amides is 1. The fraction of sp³-hybridized carbons (Fsp3) is 0.500. The third-order valence-electron chi connectivity index (χ3n) is 3.00. The number of carbonyl (C=O) groups excluding carboxylic acids is 1. The lowest BCUT2D eigenvalue weighted by molar-refractivity contribution is -0.132. The highest BCUT2D eigenvalue weighted by Crippen LogP contribution is 2.31. The van der Waals surface area contributed by atoms with E-state index >= 15 is 0 Å². The number of hydrogen-bond acceptors (Lipinski definition) is 4. The molecule has 1 amide bonds. The Morgan fingerprint density at radius 2 is 2.11 bits per heavy atom. The molecule has 1 unspecified atom stereocenters. The smallest absolute Gasteiger partial charge is 0.265 e. The molecule has 1 aliphatic rings. The molecule has 19 heavy (non-hydrogen) atoms. The predicted molar refractivity (Wildman–Crippen MR) is 70.3 cm³/mol. The first kappa shape index (κ1) is 13.7. The van der Waals surface area contributed by atoms with Crippen LogP contribution in [0.2, 0.25) is 0 Å². The minimum atomic E-state index is -0.659. The number of carbonyl (C=O) groups is 1. The van der Waals surface area contributed by atoms with E-state index < -0.39 is 11.6 Å². The molecule has 0 bridgehead atoms. The summed E-state index contributed by atoms with van der Waals surface area (Å²) in [5, 5.41) is 11.8. The van der Waals surface area contributed by atoms with E-state index in [4.69, 9.17) is 14.6 Å². The molecule has 0 saturated carbocycles. The van der Waals surface area contributed by atoms with Gasteiger partial charge in [-0.25, -0.2) is 0 Å². The summed E-state index contributed by atoms with van der Waals surface area (Å²) < 4.78 is 11.1. The first-order valence-electron chi connectivity index (χ1n) is 6.33. The van der Waals surface area contributed by atoms with Crippen LogP contribution in [-0.4, -0.2) is 35.9 Å². The van der Waals surface area contributed by atoms with Crippen LogP contribution in [0.4, 0.5) is 0 Å². The number of benzene rings is 1. The number of nitrogens with one attached hydrogen (secondary N) is 1. The van der Waals surface area contributed by atoms with Crippen LogP contribution < -0.4 is 14.8 Å². The van der Waals surface area contributed by atoms with Gasteiger partial charge in [-0.15, -0.1) is 0 Å². The second-order valence-electron chi connectivity index (χ2n) is 5.21. The zero-order valence-electron chi connectivity index (χ0n) is 11.2. The lowest BCUT2D eigenvalue weighted by Crippen LogP contribution is -2.52.